The maximum Gasteiger partial charge on any atom is 0.150 e. The van der Waals surface area contributed by atoms with Crippen LogP contribution in [0, 0.1) is 12.7 Å². The summed E-state index contributed by atoms with van der Waals surface area (Å²) in [7, 11) is 1.50. The SMILES string of the molecule is COc1ccc(Nc2cc(C)nn2-c2cccc(Cl)c2)c(F)c1. The topological polar surface area (TPSA) is 39.1 Å². The van der Waals surface area contributed by atoms with Gasteiger partial charge < -0.3 is 10.1 Å². The Kier molecular flexibility index (Phi) is 4.21. The zero-order valence-corrected chi connectivity index (χ0v) is 13.4. The van der Waals surface area contributed by atoms with Gasteiger partial charge in [0.25, 0.3) is 0 Å². The minimum Gasteiger partial charge on any atom is -0.497 e. The standard InChI is InChI=1S/C17H15ClFN3O/c1-11-8-17(20-16-7-6-14(23-2)10-15(16)19)22(21-11)13-5-3-4-12(18)9-13/h3-10,20H,1-2H3. The third kappa shape index (κ3) is 3.29. The van der Waals surface area contributed by atoms with Crippen LogP contribution >= 0.6 is 11.6 Å². The number of nitrogens with zero attached hydrogens (tertiary/aromatic N) is 2. The highest BCUT2D eigenvalue weighted by molar-refractivity contribution is 6.30. The van der Waals surface area contributed by atoms with E-state index in [0.717, 1.165) is 11.4 Å². The van der Waals surface area contributed by atoms with Crippen molar-refractivity contribution in [2.75, 3.05) is 12.4 Å². The molecule has 1 N–H and O–H groups in total. The first-order valence-electron chi connectivity index (χ1n) is 7.00. The lowest BCUT2D eigenvalue weighted by Gasteiger charge is -2.11. The molecular formula is C17H15ClFN3O. The Hall–Kier alpha value is -2.53. The second-order valence-electron chi connectivity index (χ2n) is 5.03. The lowest BCUT2D eigenvalue weighted by molar-refractivity contribution is 0.411. The molecule has 0 aliphatic heterocycles. The summed E-state index contributed by atoms with van der Waals surface area (Å²) in [6.45, 7) is 1.87. The van der Waals surface area contributed by atoms with Gasteiger partial charge in [-0.2, -0.15) is 5.10 Å². The van der Waals surface area contributed by atoms with Gasteiger partial charge in [-0.05, 0) is 37.3 Å². The van der Waals surface area contributed by atoms with Crippen molar-refractivity contribution in [3.8, 4) is 11.4 Å². The third-order valence-electron chi connectivity index (χ3n) is 3.32. The van der Waals surface area contributed by atoms with E-state index in [1.807, 2.05) is 25.1 Å². The van der Waals surface area contributed by atoms with Gasteiger partial charge in [0.05, 0.1) is 24.2 Å². The molecule has 118 valence electrons. The molecule has 23 heavy (non-hydrogen) atoms. The van der Waals surface area contributed by atoms with Crippen molar-refractivity contribution in [2.45, 2.75) is 6.92 Å². The highest BCUT2D eigenvalue weighted by Gasteiger charge is 2.11. The summed E-state index contributed by atoms with van der Waals surface area (Å²) in [6.07, 6.45) is 0. The molecule has 0 aliphatic rings. The third-order valence-corrected chi connectivity index (χ3v) is 3.56. The Bertz CT molecular complexity index is 848. The number of hydrogen-bond acceptors (Lipinski definition) is 3. The van der Waals surface area contributed by atoms with Crippen molar-refractivity contribution in [2.24, 2.45) is 0 Å². The Balaban J connectivity index is 1.98. The fourth-order valence-corrected chi connectivity index (χ4v) is 2.44. The van der Waals surface area contributed by atoms with Gasteiger partial charge >= 0.3 is 0 Å². The van der Waals surface area contributed by atoms with Crippen molar-refractivity contribution in [3.63, 3.8) is 0 Å². The van der Waals surface area contributed by atoms with Crippen LogP contribution in [-0.4, -0.2) is 16.9 Å². The molecule has 1 aromatic heterocycles. The second-order valence-corrected chi connectivity index (χ2v) is 5.47. The molecule has 2 aromatic carbocycles. The fraction of sp³-hybridized carbons (Fsp3) is 0.118. The van der Waals surface area contributed by atoms with E-state index in [1.165, 1.54) is 13.2 Å². The van der Waals surface area contributed by atoms with Crippen LogP contribution in [-0.2, 0) is 0 Å². The van der Waals surface area contributed by atoms with Crippen LogP contribution in [0.4, 0.5) is 15.9 Å². The molecular weight excluding hydrogens is 317 g/mol. The van der Waals surface area contributed by atoms with Gasteiger partial charge in [-0.15, -0.1) is 0 Å². The number of halogens is 2. The first-order valence-corrected chi connectivity index (χ1v) is 7.38. The predicted molar refractivity (Wildman–Crippen MR) is 89.5 cm³/mol. The first-order chi connectivity index (χ1) is 11.1. The molecule has 0 amide bonds. The van der Waals surface area contributed by atoms with Gasteiger partial charge in [0, 0.05) is 17.2 Å². The number of hydrogen-bond donors (Lipinski definition) is 1. The van der Waals surface area contributed by atoms with Gasteiger partial charge in [-0.25, -0.2) is 9.07 Å². The molecule has 1 heterocycles. The molecule has 4 nitrogen and oxygen atoms in total. The number of anilines is 2. The van der Waals surface area contributed by atoms with E-state index < -0.39 is 5.82 Å². The zero-order valence-electron chi connectivity index (χ0n) is 12.7. The van der Waals surface area contributed by atoms with Crippen LogP contribution in [0.15, 0.2) is 48.5 Å². The van der Waals surface area contributed by atoms with Crippen LogP contribution in [0.2, 0.25) is 5.02 Å². The largest absolute Gasteiger partial charge is 0.497 e. The van der Waals surface area contributed by atoms with Crippen LogP contribution < -0.4 is 10.1 Å². The number of nitrogens with one attached hydrogen (secondary N) is 1. The molecule has 0 unspecified atom stereocenters. The minimum atomic E-state index is -0.402. The van der Waals surface area contributed by atoms with Gasteiger partial charge in [-0.1, -0.05) is 17.7 Å². The maximum atomic E-state index is 14.1. The predicted octanol–water partition coefficient (Wildman–Crippen LogP) is 4.73. The lowest BCUT2D eigenvalue weighted by atomic mass is 10.3. The number of benzene rings is 2. The van der Waals surface area contributed by atoms with Gasteiger partial charge in [0.1, 0.15) is 17.4 Å². The fourth-order valence-electron chi connectivity index (χ4n) is 2.26. The van der Waals surface area contributed by atoms with Crippen molar-refractivity contribution in [1.29, 1.82) is 0 Å². The van der Waals surface area contributed by atoms with E-state index in [1.54, 1.807) is 28.9 Å². The molecule has 0 aliphatic carbocycles. The van der Waals surface area contributed by atoms with Gasteiger partial charge in [0.2, 0.25) is 0 Å². The summed E-state index contributed by atoms with van der Waals surface area (Å²) < 4.78 is 20.8. The lowest BCUT2D eigenvalue weighted by Crippen LogP contribution is -2.03. The van der Waals surface area contributed by atoms with Crippen LogP contribution in [0.1, 0.15) is 5.69 Å². The van der Waals surface area contributed by atoms with E-state index in [2.05, 4.69) is 10.4 Å². The zero-order chi connectivity index (χ0) is 16.4. The molecule has 0 atom stereocenters. The quantitative estimate of drug-likeness (QED) is 0.751. The number of methoxy groups -OCH3 is 1. The summed E-state index contributed by atoms with van der Waals surface area (Å²) in [5.41, 5.74) is 1.94. The Morgan fingerprint density at radius 3 is 2.70 bits per heavy atom. The second kappa shape index (κ2) is 6.30. The van der Waals surface area contributed by atoms with Crippen molar-refractivity contribution < 1.29 is 9.13 Å². The number of ether oxygens (including phenoxy) is 1. The van der Waals surface area contributed by atoms with Gasteiger partial charge in [-0.3, -0.25) is 0 Å². The van der Waals surface area contributed by atoms with Crippen LogP contribution in [0.25, 0.3) is 5.69 Å². The average molecular weight is 332 g/mol. The molecule has 0 radical (unpaired) electrons. The molecule has 0 saturated heterocycles. The summed E-state index contributed by atoms with van der Waals surface area (Å²) in [5.74, 6) is 0.710. The van der Waals surface area contributed by atoms with E-state index >= 15 is 0 Å². The molecule has 6 heteroatoms. The summed E-state index contributed by atoms with van der Waals surface area (Å²) in [4.78, 5) is 0. The monoisotopic (exact) mass is 331 g/mol. The van der Waals surface area contributed by atoms with Crippen molar-refractivity contribution in [3.05, 3.63) is 65.1 Å². The molecule has 0 bridgehead atoms. The molecule has 0 saturated carbocycles. The highest BCUT2D eigenvalue weighted by Crippen LogP contribution is 2.26. The number of aryl methyl sites for hydroxylation is 1. The van der Waals surface area contributed by atoms with Crippen molar-refractivity contribution in [1.82, 2.24) is 9.78 Å². The first kappa shape index (κ1) is 15.4. The average Bonchev–Trinajstić information content (AvgIpc) is 2.90. The Labute approximate surface area is 138 Å². The Morgan fingerprint density at radius 1 is 1.17 bits per heavy atom. The van der Waals surface area contributed by atoms with Crippen LogP contribution in [0.5, 0.6) is 5.75 Å². The normalized spacial score (nSPS) is 10.6. The van der Waals surface area contributed by atoms with Crippen LogP contribution in [0.3, 0.4) is 0 Å². The molecule has 0 fully saturated rings. The van der Waals surface area contributed by atoms with E-state index in [4.69, 9.17) is 16.3 Å². The summed E-state index contributed by atoms with van der Waals surface area (Å²) in [6, 6.07) is 13.8. The number of aromatic nitrogens is 2. The summed E-state index contributed by atoms with van der Waals surface area (Å²) in [5, 5.41) is 8.10. The van der Waals surface area contributed by atoms with Gasteiger partial charge in [0.15, 0.2) is 0 Å². The minimum absolute atomic E-state index is 0.342. The smallest absolute Gasteiger partial charge is 0.150 e. The number of rotatable bonds is 4. The highest BCUT2D eigenvalue weighted by atomic mass is 35.5. The Morgan fingerprint density at radius 2 is 2.00 bits per heavy atom. The van der Waals surface area contributed by atoms with E-state index in [0.29, 0.717) is 22.3 Å². The van der Waals surface area contributed by atoms with E-state index in [9.17, 15) is 4.39 Å². The molecule has 3 aromatic rings. The van der Waals surface area contributed by atoms with E-state index in [-0.39, 0.29) is 0 Å². The van der Waals surface area contributed by atoms with Crippen molar-refractivity contribution >= 4 is 23.1 Å². The summed E-state index contributed by atoms with van der Waals surface area (Å²) >= 11 is 6.04. The molecule has 3 rings (SSSR count). The maximum absolute atomic E-state index is 14.1. The molecule has 0 spiro atoms.